The number of nitrogens with zero attached hydrogens (tertiary/aromatic N) is 1. The van der Waals surface area contributed by atoms with E-state index in [1.807, 2.05) is 0 Å². The second-order valence-electron chi connectivity index (χ2n) is 8.43. The zero-order valence-corrected chi connectivity index (χ0v) is 16.7. The third-order valence-corrected chi connectivity index (χ3v) is 8.57. The Morgan fingerprint density at radius 1 is 0.963 bits per heavy atom. The number of carbonyl (C=O) groups is 1. The molecule has 2 aliphatic carbocycles. The third kappa shape index (κ3) is 4.06. The maximum absolute atomic E-state index is 12.8. The molecule has 1 amide bonds. The molecule has 0 aromatic heterocycles. The summed E-state index contributed by atoms with van der Waals surface area (Å²) < 4.78 is 27.0. The molecule has 0 bridgehead atoms. The van der Waals surface area contributed by atoms with Crippen molar-refractivity contribution in [2.45, 2.75) is 68.7 Å². The number of nitrogens with one attached hydrogen (secondary N) is 1. The Bertz CT molecular complexity index is 786. The topological polar surface area (TPSA) is 66.5 Å². The van der Waals surface area contributed by atoms with Crippen LogP contribution in [0.1, 0.15) is 68.1 Å². The van der Waals surface area contributed by atoms with E-state index in [1.165, 1.54) is 42.5 Å². The van der Waals surface area contributed by atoms with Gasteiger partial charge in [-0.15, -0.1) is 0 Å². The van der Waals surface area contributed by atoms with Crippen molar-refractivity contribution in [3.8, 4) is 0 Å². The minimum absolute atomic E-state index is 0.146. The molecule has 1 saturated heterocycles. The highest BCUT2D eigenvalue weighted by atomic mass is 32.2. The monoisotopic (exact) mass is 390 g/mol. The molecule has 1 aliphatic heterocycles. The van der Waals surface area contributed by atoms with Gasteiger partial charge in [0, 0.05) is 24.7 Å². The molecule has 1 N–H and O–H groups in total. The van der Waals surface area contributed by atoms with Crippen LogP contribution in [-0.4, -0.2) is 37.8 Å². The lowest BCUT2D eigenvalue weighted by atomic mass is 9.69. The van der Waals surface area contributed by atoms with E-state index in [1.54, 1.807) is 18.2 Å². The lowest BCUT2D eigenvalue weighted by molar-refractivity contribution is 0.0879. The lowest BCUT2D eigenvalue weighted by Gasteiger charge is -2.39. The summed E-state index contributed by atoms with van der Waals surface area (Å²) in [6, 6.07) is 6.74. The molecule has 1 heterocycles. The minimum Gasteiger partial charge on any atom is -0.349 e. The first-order chi connectivity index (χ1) is 13.0. The Kier molecular flexibility index (Phi) is 5.55. The molecular formula is C21H30N2O3S. The molecule has 3 aliphatic rings. The van der Waals surface area contributed by atoms with Gasteiger partial charge in [0.1, 0.15) is 0 Å². The lowest BCUT2D eigenvalue weighted by Crippen LogP contribution is -2.41. The smallest absolute Gasteiger partial charge is 0.251 e. The second-order valence-corrected chi connectivity index (χ2v) is 10.4. The number of sulfonamides is 1. The quantitative estimate of drug-likeness (QED) is 0.855. The molecule has 148 valence electrons. The van der Waals surface area contributed by atoms with Crippen LogP contribution < -0.4 is 5.32 Å². The van der Waals surface area contributed by atoms with Crippen molar-refractivity contribution in [2.75, 3.05) is 13.1 Å². The van der Waals surface area contributed by atoms with Crippen LogP contribution in [0.2, 0.25) is 0 Å². The van der Waals surface area contributed by atoms with Crippen molar-refractivity contribution in [1.29, 1.82) is 0 Å². The number of rotatable bonds is 4. The minimum atomic E-state index is -3.49. The van der Waals surface area contributed by atoms with Gasteiger partial charge in [0.25, 0.3) is 5.91 Å². The first kappa shape index (κ1) is 18.9. The van der Waals surface area contributed by atoms with Crippen molar-refractivity contribution in [3.05, 3.63) is 29.8 Å². The van der Waals surface area contributed by atoms with Gasteiger partial charge in [0.05, 0.1) is 4.90 Å². The summed E-state index contributed by atoms with van der Waals surface area (Å²) in [7, 11) is -3.49. The predicted molar refractivity (Wildman–Crippen MR) is 105 cm³/mol. The average molecular weight is 391 g/mol. The summed E-state index contributed by atoms with van der Waals surface area (Å²) in [6.07, 6.45) is 10.4. The standard InChI is InChI=1S/C21H30N2O3S/c24-21(22-19-11-10-16-6-1-2-7-17(16)14-19)18-8-5-9-20(15-18)27(25,26)23-12-3-4-13-23/h5,8-9,15-17,19H,1-4,6-7,10-14H2,(H,22,24)/t16-,17+,19+/m0/s1. The van der Waals surface area contributed by atoms with E-state index < -0.39 is 10.0 Å². The number of carbonyl (C=O) groups excluding carboxylic acids is 1. The number of benzene rings is 1. The summed E-state index contributed by atoms with van der Waals surface area (Å²) in [5, 5.41) is 3.17. The average Bonchev–Trinajstić information content (AvgIpc) is 3.24. The molecule has 0 unspecified atom stereocenters. The molecule has 6 heteroatoms. The molecule has 5 nitrogen and oxygen atoms in total. The first-order valence-electron chi connectivity index (χ1n) is 10.4. The van der Waals surface area contributed by atoms with Gasteiger partial charge in [-0.1, -0.05) is 31.7 Å². The van der Waals surface area contributed by atoms with E-state index >= 15 is 0 Å². The van der Waals surface area contributed by atoms with E-state index in [0.717, 1.165) is 37.5 Å². The summed E-state index contributed by atoms with van der Waals surface area (Å²) in [5.74, 6) is 1.45. The van der Waals surface area contributed by atoms with Gasteiger partial charge in [-0.05, 0) is 62.1 Å². The Labute approximate surface area is 162 Å². The van der Waals surface area contributed by atoms with Crippen LogP contribution in [0, 0.1) is 11.8 Å². The summed E-state index contributed by atoms with van der Waals surface area (Å²) in [5.41, 5.74) is 0.445. The van der Waals surface area contributed by atoms with Crippen LogP contribution in [-0.2, 0) is 10.0 Å². The summed E-state index contributed by atoms with van der Waals surface area (Å²) in [4.78, 5) is 13.0. The Morgan fingerprint density at radius 3 is 2.48 bits per heavy atom. The highest BCUT2D eigenvalue weighted by Gasteiger charge is 2.33. The third-order valence-electron chi connectivity index (χ3n) is 6.67. The van der Waals surface area contributed by atoms with Gasteiger partial charge in [0.15, 0.2) is 0 Å². The summed E-state index contributed by atoms with van der Waals surface area (Å²) in [6.45, 7) is 1.15. The number of fused-ring (bicyclic) bond motifs is 1. The fourth-order valence-corrected chi connectivity index (χ4v) is 6.71. The molecule has 4 rings (SSSR count). The fraction of sp³-hybridized carbons (Fsp3) is 0.667. The van der Waals surface area contributed by atoms with E-state index in [9.17, 15) is 13.2 Å². The van der Waals surface area contributed by atoms with Gasteiger partial charge >= 0.3 is 0 Å². The highest BCUT2D eigenvalue weighted by molar-refractivity contribution is 7.89. The van der Waals surface area contributed by atoms with E-state index in [4.69, 9.17) is 0 Å². The van der Waals surface area contributed by atoms with Crippen LogP contribution >= 0.6 is 0 Å². The summed E-state index contributed by atoms with van der Waals surface area (Å²) >= 11 is 0. The normalized spacial score (nSPS) is 29.3. The molecule has 1 aromatic rings. The fourth-order valence-electron chi connectivity index (χ4n) is 5.15. The van der Waals surface area contributed by atoms with E-state index in [0.29, 0.717) is 18.7 Å². The van der Waals surface area contributed by atoms with Crippen LogP contribution in [0.25, 0.3) is 0 Å². The zero-order chi connectivity index (χ0) is 18.9. The molecular weight excluding hydrogens is 360 g/mol. The maximum atomic E-state index is 12.8. The predicted octanol–water partition coefficient (Wildman–Crippen LogP) is 3.56. The molecule has 0 spiro atoms. The van der Waals surface area contributed by atoms with Crippen LogP contribution in [0.5, 0.6) is 0 Å². The van der Waals surface area contributed by atoms with Crippen molar-refractivity contribution < 1.29 is 13.2 Å². The molecule has 3 atom stereocenters. The Hall–Kier alpha value is -1.40. The Morgan fingerprint density at radius 2 is 1.70 bits per heavy atom. The Balaban J connectivity index is 1.43. The molecule has 3 fully saturated rings. The molecule has 1 aromatic carbocycles. The van der Waals surface area contributed by atoms with Crippen molar-refractivity contribution in [1.82, 2.24) is 9.62 Å². The number of amides is 1. The zero-order valence-electron chi connectivity index (χ0n) is 15.9. The van der Waals surface area contributed by atoms with Gasteiger partial charge in [-0.2, -0.15) is 4.31 Å². The van der Waals surface area contributed by atoms with Crippen molar-refractivity contribution >= 4 is 15.9 Å². The number of hydrogen-bond donors (Lipinski definition) is 1. The SMILES string of the molecule is O=C(N[C@@H]1CC[C@@H]2CCCC[C@@H]2C1)c1cccc(S(=O)(=O)N2CCCC2)c1. The maximum Gasteiger partial charge on any atom is 0.251 e. The van der Waals surface area contributed by atoms with Gasteiger partial charge in [-0.25, -0.2) is 8.42 Å². The molecule has 27 heavy (non-hydrogen) atoms. The second kappa shape index (κ2) is 7.92. The van der Waals surface area contributed by atoms with Gasteiger partial charge < -0.3 is 5.32 Å². The van der Waals surface area contributed by atoms with E-state index in [2.05, 4.69) is 5.32 Å². The molecule has 0 radical (unpaired) electrons. The van der Waals surface area contributed by atoms with Gasteiger partial charge in [-0.3, -0.25) is 4.79 Å². The van der Waals surface area contributed by atoms with Crippen LogP contribution in [0.4, 0.5) is 0 Å². The van der Waals surface area contributed by atoms with Gasteiger partial charge in [0.2, 0.25) is 10.0 Å². The van der Waals surface area contributed by atoms with Crippen molar-refractivity contribution in [2.24, 2.45) is 11.8 Å². The largest absolute Gasteiger partial charge is 0.349 e. The number of hydrogen-bond acceptors (Lipinski definition) is 3. The highest BCUT2D eigenvalue weighted by Crippen LogP contribution is 2.40. The van der Waals surface area contributed by atoms with Crippen molar-refractivity contribution in [3.63, 3.8) is 0 Å². The molecule has 2 saturated carbocycles. The van der Waals surface area contributed by atoms with Crippen LogP contribution in [0.3, 0.4) is 0 Å². The van der Waals surface area contributed by atoms with Crippen LogP contribution in [0.15, 0.2) is 29.2 Å². The van der Waals surface area contributed by atoms with E-state index in [-0.39, 0.29) is 16.8 Å². The first-order valence-corrected chi connectivity index (χ1v) is 11.9.